The van der Waals surface area contributed by atoms with E-state index in [-0.39, 0.29) is 12.6 Å². The Labute approximate surface area is 116 Å². The minimum Gasteiger partial charge on any atom is -0.494 e. The summed E-state index contributed by atoms with van der Waals surface area (Å²) in [6.45, 7) is 7.33. The first-order valence-corrected chi connectivity index (χ1v) is 7.32. The van der Waals surface area contributed by atoms with Crippen LogP contribution in [-0.4, -0.2) is 36.3 Å². The molecule has 1 aromatic carbocycles. The van der Waals surface area contributed by atoms with Crippen LogP contribution in [0.15, 0.2) is 24.3 Å². The predicted molar refractivity (Wildman–Crippen MR) is 77.4 cm³/mol. The van der Waals surface area contributed by atoms with Gasteiger partial charge in [0.25, 0.3) is 0 Å². The van der Waals surface area contributed by atoms with Crippen molar-refractivity contribution in [2.24, 2.45) is 5.92 Å². The highest BCUT2D eigenvalue weighted by molar-refractivity contribution is 5.29. The summed E-state index contributed by atoms with van der Waals surface area (Å²) in [5, 5.41) is 9.70. The third-order valence-corrected chi connectivity index (χ3v) is 4.01. The molecule has 1 aliphatic rings. The van der Waals surface area contributed by atoms with Crippen LogP contribution in [0.1, 0.15) is 38.3 Å². The highest BCUT2D eigenvalue weighted by Gasteiger charge is 2.23. The van der Waals surface area contributed by atoms with Crippen LogP contribution in [-0.2, 0) is 0 Å². The minimum atomic E-state index is 0.128. The summed E-state index contributed by atoms with van der Waals surface area (Å²) >= 11 is 0. The summed E-state index contributed by atoms with van der Waals surface area (Å²) in [5.41, 5.74) is 1.18. The molecule has 0 aromatic heterocycles. The Hall–Kier alpha value is -1.06. The second kappa shape index (κ2) is 6.92. The monoisotopic (exact) mass is 263 g/mol. The summed E-state index contributed by atoms with van der Waals surface area (Å²) in [6.07, 6.45) is 2.46. The number of benzene rings is 1. The maximum atomic E-state index is 9.70. The molecule has 1 aliphatic heterocycles. The Balaban J connectivity index is 2.04. The van der Waals surface area contributed by atoms with Gasteiger partial charge in [0.2, 0.25) is 0 Å². The SMILES string of the molecule is CCOc1ccc(C(CO)N2CCC(C)CC2)cc1. The van der Waals surface area contributed by atoms with Crippen LogP contribution in [0, 0.1) is 5.92 Å². The van der Waals surface area contributed by atoms with Gasteiger partial charge in [0.15, 0.2) is 0 Å². The standard InChI is InChI=1S/C16H25NO2/c1-3-19-15-6-4-14(5-7-15)16(12-18)17-10-8-13(2)9-11-17/h4-7,13,16,18H,3,8-12H2,1-2H3. The molecule has 0 saturated carbocycles. The quantitative estimate of drug-likeness (QED) is 0.886. The van der Waals surface area contributed by atoms with Crippen molar-refractivity contribution >= 4 is 0 Å². The van der Waals surface area contributed by atoms with Gasteiger partial charge < -0.3 is 9.84 Å². The first kappa shape index (κ1) is 14.4. The normalized spacial score (nSPS) is 19.3. The summed E-state index contributed by atoms with van der Waals surface area (Å²) in [6, 6.07) is 8.26. The summed E-state index contributed by atoms with van der Waals surface area (Å²) < 4.78 is 5.46. The highest BCUT2D eigenvalue weighted by atomic mass is 16.5. The van der Waals surface area contributed by atoms with Crippen molar-refractivity contribution in [2.45, 2.75) is 32.7 Å². The van der Waals surface area contributed by atoms with Crippen LogP contribution < -0.4 is 4.74 Å². The van der Waals surface area contributed by atoms with E-state index in [1.54, 1.807) is 0 Å². The van der Waals surface area contributed by atoms with E-state index in [0.29, 0.717) is 6.61 Å². The largest absolute Gasteiger partial charge is 0.494 e. The van der Waals surface area contributed by atoms with E-state index < -0.39 is 0 Å². The zero-order chi connectivity index (χ0) is 13.7. The number of likely N-dealkylation sites (tertiary alicyclic amines) is 1. The average Bonchev–Trinajstić information content (AvgIpc) is 2.44. The van der Waals surface area contributed by atoms with Gasteiger partial charge in [-0.2, -0.15) is 0 Å². The Bertz CT molecular complexity index is 369. The Morgan fingerprint density at radius 3 is 2.42 bits per heavy atom. The van der Waals surface area contributed by atoms with Crippen LogP contribution in [0.4, 0.5) is 0 Å². The smallest absolute Gasteiger partial charge is 0.119 e. The van der Waals surface area contributed by atoms with Crippen molar-refractivity contribution in [3.8, 4) is 5.75 Å². The van der Waals surface area contributed by atoms with E-state index >= 15 is 0 Å². The van der Waals surface area contributed by atoms with Gasteiger partial charge in [0.05, 0.1) is 19.3 Å². The Morgan fingerprint density at radius 1 is 1.26 bits per heavy atom. The van der Waals surface area contributed by atoms with Crippen molar-refractivity contribution < 1.29 is 9.84 Å². The molecule has 1 heterocycles. The number of piperidine rings is 1. The molecule has 0 aliphatic carbocycles. The molecule has 0 bridgehead atoms. The van der Waals surface area contributed by atoms with Gasteiger partial charge in [0.1, 0.15) is 5.75 Å². The lowest BCUT2D eigenvalue weighted by atomic mass is 9.96. The molecule has 0 amide bonds. The van der Waals surface area contributed by atoms with Crippen LogP contribution >= 0.6 is 0 Å². The minimum absolute atomic E-state index is 0.128. The second-order valence-corrected chi connectivity index (χ2v) is 5.42. The van der Waals surface area contributed by atoms with Crippen molar-refractivity contribution in [3.63, 3.8) is 0 Å². The molecule has 2 rings (SSSR count). The van der Waals surface area contributed by atoms with E-state index in [1.807, 2.05) is 19.1 Å². The average molecular weight is 263 g/mol. The van der Waals surface area contributed by atoms with Crippen LogP contribution in [0.3, 0.4) is 0 Å². The lowest BCUT2D eigenvalue weighted by Crippen LogP contribution is -2.37. The summed E-state index contributed by atoms with van der Waals surface area (Å²) in [7, 11) is 0. The van der Waals surface area contributed by atoms with Gasteiger partial charge in [-0.25, -0.2) is 0 Å². The van der Waals surface area contributed by atoms with Crippen LogP contribution in [0.25, 0.3) is 0 Å². The number of rotatable bonds is 5. The maximum absolute atomic E-state index is 9.70. The van der Waals surface area contributed by atoms with E-state index in [2.05, 4.69) is 24.0 Å². The van der Waals surface area contributed by atoms with Gasteiger partial charge in [-0.1, -0.05) is 19.1 Å². The van der Waals surface area contributed by atoms with Gasteiger partial charge in [-0.05, 0) is 56.5 Å². The van der Waals surface area contributed by atoms with Gasteiger partial charge >= 0.3 is 0 Å². The van der Waals surface area contributed by atoms with Crippen molar-refractivity contribution in [2.75, 3.05) is 26.3 Å². The van der Waals surface area contributed by atoms with Gasteiger partial charge in [-0.15, -0.1) is 0 Å². The van der Waals surface area contributed by atoms with Crippen LogP contribution in [0.5, 0.6) is 5.75 Å². The number of ether oxygens (including phenoxy) is 1. The predicted octanol–water partition coefficient (Wildman–Crippen LogP) is 2.85. The number of aliphatic hydroxyl groups is 1. The molecular weight excluding hydrogens is 238 g/mol. The first-order valence-electron chi connectivity index (χ1n) is 7.32. The first-order chi connectivity index (χ1) is 9.24. The number of aliphatic hydroxyl groups excluding tert-OH is 1. The van der Waals surface area contributed by atoms with E-state index in [0.717, 1.165) is 24.8 Å². The highest BCUT2D eigenvalue weighted by Crippen LogP contribution is 2.27. The molecule has 1 unspecified atom stereocenters. The molecule has 19 heavy (non-hydrogen) atoms. The van der Waals surface area contributed by atoms with Crippen molar-refractivity contribution in [1.82, 2.24) is 4.90 Å². The molecule has 1 aromatic rings. The third-order valence-electron chi connectivity index (χ3n) is 4.01. The van der Waals surface area contributed by atoms with Gasteiger partial charge in [-0.3, -0.25) is 4.90 Å². The fourth-order valence-electron chi connectivity index (χ4n) is 2.72. The van der Waals surface area contributed by atoms with E-state index in [9.17, 15) is 5.11 Å². The van der Waals surface area contributed by atoms with Crippen molar-refractivity contribution in [3.05, 3.63) is 29.8 Å². The molecule has 1 fully saturated rings. The summed E-state index contributed by atoms with van der Waals surface area (Å²) in [5.74, 6) is 1.71. The Kier molecular flexibility index (Phi) is 5.23. The zero-order valence-electron chi connectivity index (χ0n) is 12.0. The molecule has 1 atom stereocenters. The topological polar surface area (TPSA) is 32.7 Å². The molecule has 106 valence electrons. The van der Waals surface area contributed by atoms with E-state index in [1.165, 1.54) is 18.4 Å². The maximum Gasteiger partial charge on any atom is 0.119 e. The van der Waals surface area contributed by atoms with Crippen molar-refractivity contribution in [1.29, 1.82) is 0 Å². The molecular formula is C16H25NO2. The molecule has 3 heteroatoms. The molecule has 3 nitrogen and oxygen atoms in total. The third kappa shape index (κ3) is 3.71. The molecule has 1 saturated heterocycles. The molecule has 0 spiro atoms. The van der Waals surface area contributed by atoms with Gasteiger partial charge in [0, 0.05) is 0 Å². The Morgan fingerprint density at radius 2 is 1.89 bits per heavy atom. The number of hydrogen-bond acceptors (Lipinski definition) is 3. The fourth-order valence-corrected chi connectivity index (χ4v) is 2.72. The molecule has 0 radical (unpaired) electrons. The number of hydrogen-bond donors (Lipinski definition) is 1. The zero-order valence-corrected chi connectivity index (χ0v) is 12.0. The number of nitrogens with zero attached hydrogens (tertiary/aromatic N) is 1. The van der Waals surface area contributed by atoms with Crippen LogP contribution in [0.2, 0.25) is 0 Å². The second-order valence-electron chi connectivity index (χ2n) is 5.42. The lowest BCUT2D eigenvalue weighted by Gasteiger charge is -2.36. The lowest BCUT2D eigenvalue weighted by molar-refractivity contribution is 0.0896. The van der Waals surface area contributed by atoms with E-state index in [4.69, 9.17) is 4.74 Å². The molecule has 1 N–H and O–H groups in total. The summed E-state index contributed by atoms with van der Waals surface area (Å²) in [4.78, 5) is 2.40. The fraction of sp³-hybridized carbons (Fsp3) is 0.625.